The van der Waals surface area contributed by atoms with E-state index in [1.165, 1.54) is 0 Å². The quantitative estimate of drug-likeness (QED) is 0.136. The summed E-state index contributed by atoms with van der Waals surface area (Å²) >= 11 is 0. The SMILES string of the molecule is CC.Cc1ccc(C(=O)O)cc1.Cc1ccc(C(=O)OC[C@@H]2CC(C)[C@H](/C(C#N)=N/O)O2)cc1.OCc1ccccc1. The van der Waals surface area contributed by atoms with Gasteiger partial charge in [0.2, 0.25) is 0 Å². The highest BCUT2D eigenvalue weighted by Gasteiger charge is 2.36. The molecule has 9 heteroatoms. The molecule has 1 aliphatic rings. The molecule has 0 radical (unpaired) electrons. The monoisotopic (exact) mass is 576 g/mol. The van der Waals surface area contributed by atoms with Crippen molar-refractivity contribution in [2.75, 3.05) is 6.61 Å². The third kappa shape index (κ3) is 12.3. The van der Waals surface area contributed by atoms with Gasteiger partial charge in [-0.3, -0.25) is 0 Å². The Morgan fingerprint density at radius 2 is 1.48 bits per heavy atom. The molecule has 1 fully saturated rings. The highest BCUT2D eigenvalue weighted by molar-refractivity contribution is 6.01. The number of carboxylic acid groups (broad SMARTS) is 1. The predicted octanol–water partition coefficient (Wildman–Crippen LogP) is 6.20. The summed E-state index contributed by atoms with van der Waals surface area (Å²) in [6.45, 7) is 10.0. The van der Waals surface area contributed by atoms with Crippen LogP contribution in [0.1, 0.15) is 64.6 Å². The second kappa shape index (κ2) is 19.5. The summed E-state index contributed by atoms with van der Waals surface area (Å²) in [7, 11) is 0. The zero-order chi connectivity index (χ0) is 31.5. The third-order valence-electron chi connectivity index (χ3n) is 5.99. The summed E-state index contributed by atoms with van der Waals surface area (Å²) in [4.78, 5) is 22.2. The number of nitrogens with zero attached hydrogens (tertiary/aromatic N) is 2. The van der Waals surface area contributed by atoms with Crippen molar-refractivity contribution in [2.45, 2.75) is 59.9 Å². The van der Waals surface area contributed by atoms with Gasteiger partial charge in [-0.2, -0.15) is 5.26 Å². The molecule has 42 heavy (non-hydrogen) atoms. The van der Waals surface area contributed by atoms with Crippen LogP contribution in [0.5, 0.6) is 0 Å². The van der Waals surface area contributed by atoms with Crippen LogP contribution in [0.2, 0.25) is 0 Å². The molecule has 0 saturated carbocycles. The summed E-state index contributed by atoms with van der Waals surface area (Å²) in [6, 6.07) is 25.2. The molecule has 0 aliphatic carbocycles. The highest BCUT2D eigenvalue weighted by Crippen LogP contribution is 2.27. The smallest absolute Gasteiger partial charge is 0.338 e. The predicted molar refractivity (Wildman–Crippen MR) is 161 cm³/mol. The van der Waals surface area contributed by atoms with Crippen LogP contribution >= 0.6 is 0 Å². The molecule has 1 saturated heterocycles. The molecule has 1 unspecified atom stereocenters. The van der Waals surface area contributed by atoms with Gasteiger partial charge < -0.3 is 24.9 Å². The number of carbonyl (C=O) groups is 2. The van der Waals surface area contributed by atoms with Crippen molar-refractivity contribution < 1.29 is 34.5 Å². The van der Waals surface area contributed by atoms with Gasteiger partial charge in [-0.1, -0.05) is 91.7 Å². The minimum absolute atomic E-state index is 0.0219. The second-order valence-corrected chi connectivity index (χ2v) is 9.27. The van der Waals surface area contributed by atoms with Crippen molar-refractivity contribution in [1.82, 2.24) is 0 Å². The molecule has 3 aromatic rings. The molecular weight excluding hydrogens is 536 g/mol. The van der Waals surface area contributed by atoms with Gasteiger partial charge in [0, 0.05) is 0 Å². The Labute approximate surface area is 247 Å². The van der Waals surface area contributed by atoms with Crippen molar-refractivity contribution in [2.24, 2.45) is 11.1 Å². The molecule has 4 rings (SSSR count). The van der Waals surface area contributed by atoms with E-state index in [4.69, 9.17) is 30.2 Å². The summed E-state index contributed by atoms with van der Waals surface area (Å²) < 4.78 is 10.9. The van der Waals surface area contributed by atoms with Crippen molar-refractivity contribution in [3.05, 3.63) is 107 Å². The van der Waals surface area contributed by atoms with E-state index >= 15 is 0 Å². The van der Waals surface area contributed by atoms with Crippen LogP contribution in [0.4, 0.5) is 0 Å². The summed E-state index contributed by atoms with van der Waals surface area (Å²) in [5.74, 6) is -1.26. The molecule has 9 nitrogen and oxygen atoms in total. The number of hydrogen-bond acceptors (Lipinski definition) is 8. The molecule has 0 aromatic heterocycles. The lowest BCUT2D eigenvalue weighted by Crippen LogP contribution is -2.26. The van der Waals surface area contributed by atoms with Crippen LogP contribution in [0.25, 0.3) is 0 Å². The first-order valence-electron chi connectivity index (χ1n) is 13.6. The number of aromatic carboxylic acids is 1. The molecule has 3 aromatic carbocycles. The highest BCUT2D eigenvalue weighted by atomic mass is 16.6. The molecule has 0 bridgehead atoms. The van der Waals surface area contributed by atoms with Gasteiger partial charge in [-0.25, -0.2) is 9.59 Å². The average molecular weight is 577 g/mol. The average Bonchev–Trinajstić information content (AvgIpc) is 3.39. The first kappa shape index (κ1) is 35.5. The lowest BCUT2D eigenvalue weighted by Gasteiger charge is -2.13. The van der Waals surface area contributed by atoms with Crippen LogP contribution < -0.4 is 0 Å². The van der Waals surface area contributed by atoms with Gasteiger partial charge in [-0.05, 0) is 56.0 Å². The molecule has 1 aliphatic heterocycles. The van der Waals surface area contributed by atoms with Crippen molar-refractivity contribution >= 4 is 17.7 Å². The van der Waals surface area contributed by atoms with Crippen molar-refractivity contribution in [3.8, 4) is 6.07 Å². The van der Waals surface area contributed by atoms with Crippen LogP contribution in [0.15, 0.2) is 84.0 Å². The van der Waals surface area contributed by atoms with Gasteiger partial charge >= 0.3 is 11.9 Å². The van der Waals surface area contributed by atoms with E-state index < -0.39 is 18.0 Å². The largest absolute Gasteiger partial charge is 0.478 e. The zero-order valence-corrected chi connectivity index (χ0v) is 24.7. The Balaban J connectivity index is 0.000000362. The number of aryl methyl sites for hydroxylation is 2. The molecular formula is C33H40N2O7. The normalized spacial score (nSPS) is 17.1. The Kier molecular flexibility index (Phi) is 16.5. The van der Waals surface area contributed by atoms with Gasteiger partial charge in [-0.15, -0.1) is 0 Å². The van der Waals surface area contributed by atoms with Crippen molar-refractivity contribution in [3.63, 3.8) is 0 Å². The maximum Gasteiger partial charge on any atom is 0.338 e. The minimum atomic E-state index is -0.875. The fraction of sp³-hybridized carbons (Fsp3) is 0.333. The standard InChI is InChI=1S/C16H18N2O4.C8H8O2.C7H8O.C2H6/c1-10-3-5-12(6-4-10)16(19)21-9-13-7-11(2)15(22-13)14(8-17)18-20;1-6-2-4-7(5-3-6)8(9)10;8-6-7-4-2-1-3-5-7;1-2/h3-6,11,13,15,20H,7,9H2,1-2H3;2-5H,1H3,(H,9,10);1-5,8H,6H2;1-2H3/b18-14+;;;/t11?,13-,15+;;;/m0.../s1. The minimum Gasteiger partial charge on any atom is -0.478 e. The van der Waals surface area contributed by atoms with Gasteiger partial charge in [0.1, 0.15) is 18.8 Å². The van der Waals surface area contributed by atoms with E-state index in [9.17, 15) is 9.59 Å². The van der Waals surface area contributed by atoms with Gasteiger partial charge in [0.05, 0.1) is 23.8 Å². The molecule has 1 heterocycles. The lowest BCUT2D eigenvalue weighted by molar-refractivity contribution is 0.00574. The first-order chi connectivity index (χ1) is 20.2. The number of rotatable bonds is 6. The third-order valence-corrected chi connectivity index (χ3v) is 5.99. The topological polar surface area (TPSA) is 149 Å². The Hall–Kier alpha value is -4.52. The van der Waals surface area contributed by atoms with Crippen LogP contribution in [0.3, 0.4) is 0 Å². The van der Waals surface area contributed by atoms with E-state index in [0.717, 1.165) is 16.7 Å². The molecule has 0 amide bonds. The number of nitriles is 1. The molecule has 3 N–H and O–H groups in total. The van der Waals surface area contributed by atoms with Gasteiger partial charge in [0.25, 0.3) is 0 Å². The number of hydrogen-bond donors (Lipinski definition) is 3. The van der Waals surface area contributed by atoms with E-state index in [0.29, 0.717) is 17.5 Å². The van der Waals surface area contributed by atoms with E-state index in [1.807, 2.05) is 83.2 Å². The summed E-state index contributed by atoms with van der Waals surface area (Å²) in [5, 5.41) is 37.6. The van der Waals surface area contributed by atoms with Crippen LogP contribution in [-0.4, -0.2) is 51.9 Å². The number of aliphatic hydroxyl groups excluding tert-OH is 1. The fourth-order valence-corrected chi connectivity index (χ4v) is 3.74. The molecule has 3 atom stereocenters. The maximum atomic E-state index is 11.9. The number of oxime groups is 1. The summed E-state index contributed by atoms with van der Waals surface area (Å²) in [5.41, 5.74) is 3.88. The van der Waals surface area contributed by atoms with Gasteiger partial charge in [0.15, 0.2) is 5.71 Å². The first-order valence-corrected chi connectivity index (χ1v) is 13.6. The Morgan fingerprint density at radius 3 is 1.90 bits per heavy atom. The van der Waals surface area contributed by atoms with E-state index in [1.54, 1.807) is 36.4 Å². The summed E-state index contributed by atoms with van der Waals surface area (Å²) in [6.07, 6.45) is -0.232. The fourth-order valence-electron chi connectivity index (χ4n) is 3.74. The number of ether oxygens (including phenoxy) is 2. The second-order valence-electron chi connectivity index (χ2n) is 9.27. The van der Waals surface area contributed by atoms with Crippen molar-refractivity contribution in [1.29, 1.82) is 5.26 Å². The number of esters is 1. The lowest BCUT2D eigenvalue weighted by atomic mass is 9.99. The molecule has 0 spiro atoms. The molecule has 224 valence electrons. The van der Waals surface area contributed by atoms with Crippen LogP contribution in [0, 0.1) is 31.1 Å². The number of benzene rings is 3. The Bertz CT molecular complexity index is 1280. The zero-order valence-electron chi connectivity index (χ0n) is 24.7. The maximum absolute atomic E-state index is 11.9. The van der Waals surface area contributed by atoms with E-state index in [2.05, 4.69) is 5.16 Å². The van der Waals surface area contributed by atoms with Crippen LogP contribution in [-0.2, 0) is 16.1 Å². The number of carboxylic acids is 1. The van der Waals surface area contributed by atoms with E-state index in [-0.39, 0.29) is 30.9 Å². The number of carbonyl (C=O) groups excluding carboxylic acids is 1. The Morgan fingerprint density at radius 1 is 0.952 bits per heavy atom. The number of aliphatic hydroxyl groups is 1.